The van der Waals surface area contributed by atoms with Crippen LogP contribution in [0.1, 0.15) is 0 Å². The molecule has 0 bridgehead atoms. The van der Waals surface area contributed by atoms with Crippen LogP contribution in [-0.2, 0) is 9.88 Å². The van der Waals surface area contributed by atoms with Gasteiger partial charge in [-0.25, -0.2) is 0 Å². The largest absolute Gasteiger partial charge is 0.547 e. The zero-order chi connectivity index (χ0) is 5.91. The van der Waals surface area contributed by atoms with Crippen LogP contribution in [0.3, 0.4) is 0 Å². The van der Waals surface area contributed by atoms with E-state index >= 15 is 0 Å². The Morgan fingerprint density at radius 2 is 1.29 bits per heavy atom. The molecule has 0 aliphatic carbocycles. The topological polar surface area (TPSA) is 18.5 Å². The van der Waals surface area contributed by atoms with Gasteiger partial charge in [-0.1, -0.05) is 9.88 Å². The second-order valence-electron chi connectivity index (χ2n) is 0.618. The number of hydrogen-bond acceptors (Lipinski definition) is 2. The Morgan fingerprint density at radius 1 is 1.00 bits per heavy atom. The minimum absolute atomic E-state index is 1.66. The summed E-state index contributed by atoms with van der Waals surface area (Å²) >= 11 is 0. The van der Waals surface area contributed by atoms with Crippen LogP contribution in [0.4, 0.5) is 17.8 Å². The average molecular weight is 120 g/mol. The first kappa shape index (κ1) is 6.64. The Bertz CT molecular complexity index is 47.7. The molecule has 7 heavy (non-hydrogen) atoms. The van der Waals surface area contributed by atoms with E-state index in [-0.39, 0.29) is 0 Å². The number of halogens is 4. The molecule has 0 fully saturated rings. The van der Waals surface area contributed by atoms with Gasteiger partial charge in [-0.2, -0.15) is 0 Å². The van der Waals surface area contributed by atoms with Crippen molar-refractivity contribution < 1.29 is 27.7 Å². The molecule has 0 unspecified atom stereocenters. The Kier molecular flexibility index (Phi) is 1.97. The summed E-state index contributed by atoms with van der Waals surface area (Å²) in [5, 5.41) is 0. The molecular formula is CF4O2. The van der Waals surface area contributed by atoms with E-state index in [9.17, 15) is 17.8 Å². The van der Waals surface area contributed by atoms with Crippen LogP contribution in [0.2, 0.25) is 0 Å². The fraction of sp³-hybridized carbons (Fsp3) is 1.00. The maximum absolute atomic E-state index is 10.7. The van der Waals surface area contributed by atoms with Crippen LogP contribution >= 0.6 is 0 Å². The Balaban J connectivity index is 3.36. The Hall–Kier alpha value is -0.360. The quantitative estimate of drug-likeness (QED) is 0.404. The lowest BCUT2D eigenvalue weighted by Gasteiger charge is -1.98. The molecule has 0 aromatic rings. The maximum atomic E-state index is 10.7. The number of rotatable bonds is 2. The van der Waals surface area contributed by atoms with Crippen LogP contribution in [0.25, 0.3) is 0 Å². The van der Waals surface area contributed by atoms with Crippen molar-refractivity contribution in [2.45, 2.75) is 6.29 Å². The van der Waals surface area contributed by atoms with Gasteiger partial charge < -0.3 is 0 Å². The molecule has 0 heterocycles. The van der Waals surface area contributed by atoms with Crippen molar-refractivity contribution in [3.63, 3.8) is 0 Å². The van der Waals surface area contributed by atoms with E-state index in [0.29, 0.717) is 0 Å². The van der Waals surface area contributed by atoms with Crippen molar-refractivity contribution >= 4 is 0 Å². The molecule has 0 saturated carbocycles. The second-order valence-corrected chi connectivity index (χ2v) is 0.618. The predicted octanol–water partition coefficient (Wildman–Crippen LogP) is 1.34. The van der Waals surface area contributed by atoms with Gasteiger partial charge in [-0.05, 0) is 9.05 Å². The highest BCUT2D eigenvalue weighted by Gasteiger charge is 2.35. The van der Waals surface area contributed by atoms with Gasteiger partial charge >= 0.3 is 6.29 Å². The first-order chi connectivity index (χ1) is 3.12. The monoisotopic (exact) mass is 120 g/mol. The van der Waals surface area contributed by atoms with Gasteiger partial charge in [0.2, 0.25) is 0 Å². The first-order valence-electron chi connectivity index (χ1n) is 1.09. The molecule has 0 spiro atoms. The van der Waals surface area contributed by atoms with Crippen molar-refractivity contribution in [1.82, 2.24) is 0 Å². The van der Waals surface area contributed by atoms with Crippen molar-refractivity contribution in [1.29, 1.82) is 0 Å². The molecule has 0 aliphatic rings. The minimum Gasteiger partial charge on any atom is -0.144 e. The summed E-state index contributed by atoms with van der Waals surface area (Å²) in [6, 6.07) is 0. The predicted molar refractivity (Wildman–Crippen MR) is 9.33 cm³/mol. The van der Waals surface area contributed by atoms with Gasteiger partial charge in [-0.15, -0.1) is 8.78 Å². The van der Waals surface area contributed by atoms with Crippen molar-refractivity contribution in [2.24, 2.45) is 0 Å². The molecule has 0 N–H and O–H groups in total. The van der Waals surface area contributed by atoms with Crippen LogP contribution < -0.4 is 0 Å². The number of alkyl halides is 2. The molecule has 44 valence electrons. The summed E-state index contributed by atoms with van der Waals surface area (Å²) in [5.41, 5.74) is 0. The standard InChI is InChI=1S/CF4O2/c2-1(3,6-4)7-5. The Morgan fingerprint density at radius 3 is 1.29 bits per heavy atom. The van der Waals surface area contributed by atoms with E-state index in [1.807, 2.05) is 0 Å². The van der Waals surface area contributed by atoms with Crippen molar-refractivity contribution in [2.75, 3.05) is 0 Å². The summed E-state index contributed by atoms with van der Waals surface area (Å²) in [5.74, 6) is 0. The molecular weight excluding hydrogens is 120 g/mol. The third kappa shape index (κ3) is 2.35. The molecule has 0 aromatic heterocycles. The maximum Gasteiger partial charge on any atom is 0.547 e. The SMILES string of the molecule is FOC(F)(F)OF. The van der Waals surface area contributed by atoms with Gasteiger partial charge in [0, 0.05) is 0 Å². The smallest absolute Gasteiger partial charge is 0.144 e. The van der Waals surface area contributed by atoms with Crippen molar-refractivity contribution in [3.8, 4) is 0 Å². The molecule has 0 saturated heterocycles. The van der Waals surface area contributed by atoms with E-state index in [2.05, 4.69) is 0 Å². The van der Waals surface area contributed by atoms with Crippen molar-refractivity contribution in [3.05, 3.63) is 0 Å². The molecule has 2 nitrogen and oxygen atoms in total. The molecule has 0 amide bonds. The number of hydrogen-bond donors (Lipinski definition) is 0. The highest BCUT2D eigenvalue weighted by Crippen LogP contribution is 2.16. The fourth-order valence-electron chi connectivity index (χ4n) is 0.0119. The van der Waals surface area contributed by atoms with E-state index in [0.717, 1.165) is 0 Å². The first-order valence-corrected chi connectivity index (χ1v) is 1.09. The normalized spacial score (nSPS) is 12.0. The highest BCUT2D eigenvalue weighted by molar-refractivity contribution is 4.13. The van der Waals surface area contributed by atoms with Crippen LogP contribution in [0.15, 0.2) is 0 Å². The molecule has 0 rings (SSSR count). The van der Waals surface area contributed by atoms with Crippen LogP contribution in [-0.4, -0.2) is 6.29 Å². The molecule has 0 aliphatic heterocycles. The second kappa shape index (κ2) is 2.08. The lowest BCUT2D eigenvalue weighted by Crippen LogP contribution is -2.16. The third-order valence-electron chi connectivity index (χ3n) is 0.180. The molecule has 0 radical (unpaired) electrons. The Labute approximate surface area is 35.4 Å². The van der Waals surface area contributed by atoms with E-state index in [1.165, 1.54) is 0 Å². The zero-order valence-electron chi connectivity index (χ0n) is 2.83. The summed E-state index contributed by atoms with van der Waals surface area (Å²) in [7, 11) is 0. The van der Waals surface area contributed by atoms with Gasteiger partial charge in [-0.3, -0.25) is 0 Å². The van der Waals surface area contributed by atoms with Gasteiger partial charge in [0.15, 0.2) is 0 Å². The van der Waals surface area contributed by atoms with Crippen LogP contribution in [0.5, 0.6) is 0 Å². The molecule has 0 atom stereocenters. The van der Waals surface area contributed by atoms with E-state index in [1.54, 1.807) is 9.88 Å². The third-order valence-corrected chi connectivity index (χ3v) is 0.180. The zero-order valence-corrected chi connectivity index (χ0v) is 2.83. The van der Waals surface area contributed by atoms with Gasteiger partial charge in [0.05, 0.1) is 0 Å². The fourth-order valence-corrected chi connectivity index (χ4v) is 0.0119. The summed E-state index contributed by atoms with van der Waals surface area (Å²) in [4.78, 5) is 3.31. The van der Waals surface area contributed by atoms with Gasteiger partial charge in [0.1, 0.15) is 0 Å². The molecule has 6 heteroatoms. The summed E-state index contributed by atoms with van der Waals surface area (Å²) in [6.07, 6.45) is -4.75. The molecule has 0 aromatic carbocycles. The minimum atomic E-state index is -4.75. The van der Waals surface area contributed by atoms with E-state index in [4.69, 9.17) is 0 Å². The summed E-state index contributed by atoms with van der Waals surface area (Å²) < 4.78 is 41.7. The highest BCUT2D eigenvalue weighted by atomic mass is 19.4. The average Bonchev–Trinajstić information content (AvgIpc) is 1.68. The van der Waals surface area contributed by atoms with Gasteiger partial charge in [0.25, 0.3) is 0 Å². The lowest BCUT2D eigenvalue weighted by molar-refractivity contribution is -0.518. The van der Waals surface area contributed by atoms with E-state index < -0.39 is 6.29 Å². The lowest BCUT2D eigenvalue weighted by atomic mass is 11.3. The van der Waals surface area contributed by atoms with Crippen LogP contribution in [0, 0.1) is 0 Å². The summed E-state index contributed by atoms with van der Waals surface area (Å²) in [6.45, 7) is 0.